The highest BCUT2D eigenvalue weighted by atomic mass is 19.4. The summed E-state index contributed by atoms with van der Waals surface area (Å²) in [6, 6.07) is 2.01. The number of aryl methyl sites for hydroxylation is 1. The maximum atomic E-state index is 11.8. The Kier molecular flexibility index (Phi) is 5.41. The second-order valence-electron chi connectivity index (χ2n) is 4.12. The molecule has 0 unspecified atom stereocenters. The van der Waals surface area contributed by atoms with Gasteiger partial charge in [-0.05, 0) is 37.4 Å². The summed E-state index contributed by atoms with van der Waals surface area (Å²) in [5.74, 6) is 0. The average Bonchev–Trinajstić information content (AvgIpc) is 2.22. The summed E-state index contributed by atoms with van der Waals surface area (Å²) in [5.41, 5.74) is 2.14. The van der Waals surface area contributed by atoms with Crippen LogP contribution >= 0.6 is 0 Å². The predicted molar refractivity (Wildman–Crippen MR) is 60.6 cm³/mol. The minimum absolute atomic E-state index is 0.183. The number of hydrogen-bond donors (Lipinski definition) is 1. The predicted octanol–water partition coefficient (Wildman–Crippen LogP) is 3.21. The van der Waals surface area contributed by atoms with Crippen LogP contribution in [-0.4, -0.2) is 17.7 Å². The molecule has 1 N–H and O–H groups in total. The van der Waals surface area contributed by atoms with Crippen molar-refractivity contribution in [2.75, 3.05) is 6.54 Å². The van der Waals surface area contributed by atoms with E-state index in [1.165, 1.54) is 0 Å². The van der Waals surface area contributed by atoms with Crippen molar-refractivity contribution in [3.05, 3.63) is 29.6 Å². The molecule has 0 amide bonds. The van der Waals surface area contributed by atoms with Crippen molar-refractivity contribution in [3.63, 3.8) is 0 Å². The Labute approximate surface area is 99.3 Å². The molecule has 0 radical (unpaired) electrons. The van der Waals surface area contributed by atoms with E-state index < -0.39 is 12.6 Å². The van der Waals surface area contributed by atoms with Crippen LogP contribution in [0.4, 0.5) is 13.2 Å². The highest BCUT2D eigenvalue weighted by molar-refractivity contribution is 5.16. The monoisotopic (exact) mass is 246 g/mol. The van der Waals surface area contributed by atoms with Crippen LogP contribution in [0.15, 0.2) is 18.5 Å². The van der Waals surface area contributed by atoms with E-state index in [9.17, 15) is 13.2 Å². The van der Waals surface area contributed by atoms with Gasteiger partial charge in [-0.15, -0.1) is 0 Å². The molecule has 0 saturated heterocycles. The smallest absolute Gasteiger partial charge is 0.313 e. The number of halogens is 3. The van der Waals surface area contributed by atoms with Crippen LogP contribution in [-0.2, 0) is 6.54 Å². The quantitative estimate of drug-likeness (QED) is 0.779. The van der Waals surface area contributed by atoms with Crippen LogP contribution in [0.1, 0.15) is 30.4 Å². The molecule has 0 spiro atoms. The lowest BCUT2D eigenvalue weighted by atomic mass is 10.2. The number of rotatable bonds is 6. The fraction of sp³-hybridized carbons (Fsp3) is 0.583. The van der Waals surface area contributed by atoms with Crippen molar-refractivity contribution in [3.8, 4) is 0 Å². The van der Waals surface area contributed by atoms with Gasteiger partial charge in [-0.3, -0.25) is 4.98 Å². The number of aromatic nitrogens is 1. The molecule has 1 aromatic heterocycles. The molecule has 1 heterocycles. The molecule has 0 atom stereocenters. The summed E-state index contributed by atoms with van der Waals surface area (Å²) in [7, 11) is 0. The van der Waals surface area contributed by atoms with Crippen LogP contribution < -0.4 is 5.32 Å². The van der Waals surface area contributed by atoms with E-state index in [2.05, 4.69) is 10.3 Å². The zero-order valence-corrected chi connectivity index (χ0v) is 9.85. The Morgan fingerprint density at radius 2 is 2.00 bits per heavy atom. The maximum Gasteiger partial charge on any atom is 0.389 e. The fourth-order valence-corrected chi connectivity index (χ4v) is 1.52. The molecule has 17 heavy (non-hydrogen) atoms. The topological polar surface area (TPSA) is 24.9 Å². The highest BCUT2D eigenvalue weighted by Crippen LogP contribution is 2.21. The average molecular weight is 246 g/mol. The van der Waals surface area contributed by atoms with Crippen LogP contribution in [0, 0.1) is 6.92 Å². The summed E-state index contributed by atoms with van der Waals surface area (Å²) in [6.07, 6.45) is -0.467. The first kappa shape index (κ1) is 14.0. The molecule has 0 aliphatic rings. The molecular weight excluding hydrogens is 229 g/mol. The van der Waals surface area contributed by atoms with Gasteiger partial charge in [-0.1, -0.05) is 6.07 Å². The molecule has 0 aliphatic carbocycles. The Hall–Kier alpha value is -1.10. The van der Waals surface area contributed by atoms with Crippen molar-refractivity contribution in [1.82, 2.24) is 10.3 Å². The van der Waals surface area contributed by atoms with Gasteiger partial charge in [0.25, 0.3) is 0 Å². The van der Waals surface area contributed by atoms with Gasteiger partial charge in [0.15, 0.2) is 0 Å². The van der Waals surface area contributed by atoms with Gasteiger partial charge in [0, 0.05) is 25.4 Å². The molecule has 0 fully saturated rings. The molecule has 5 heteroatoms. The van der Waals surface area contributed by atoms with E-state index in [0.717, 1.165) is 11.1 Å². The van der Waals surface area contributed by atoms with Crippen LogP contribution in [0.25, 0.3) is 0 Å². The number of alkyl halides is 3. The molecule has 0 bridgehead atoms. The van der Waals surface area contributed by atoms with Crippen molar-refractivity contribution < 1.29 is 13.2 Å². The lowest BCUT2D eigenvalue weighted by molar-refractivity contribution is -0.135. The zero-order valence-electron chi connectivity index (χ0n) is 9.85. The molecule has 96 valence electrons. The minimum Gasteiger partial charge on any atom is -0.313 e. The molecule has 0 aromatic carbocycles. The summed E-state index contributed by atoms with van der Waals surface area (Å²) >= 11 is 0. The third-order valence-corrected chi connectivity index (χ3v) is 2.32. The number of hydrogen-bond acceptors (Lipinski definition) is 2. The first-order chi connectivity index (χ1) is 7.97. The number of nitrogens with one attached hydrogen (secondary N) is 1. The summed E-state index contributed by atoms with van der Waals surface area (Å²) in [4.78, 5) is 4.04. The normalized spacial score (nSPS) is 11.8. The third-order valence-electron chi connectivity index (χ3n) is 2.32. The van der Waals surface area contributed by atoms with E-state index in [0.29, 0.717) is 19.5 Å². The van der Waals surface area contributed by atoms with Gasteiger partial charge < -0.3 is 5.32 Å². The standard InChI is InChI=1S/C12H17F3N2/c1-10-6-11(9-17-7-10)8-16-5-3-2-4-12(13,14)15/h6-7,9,16H,2-5,8H2,1H3. The minimum atomic E-state index is -4.03. The van der Waals surface area contributed by atoms with Crippen LogP contribution in [0.3, 0.4) is 0 Å². The largest absolute Gasteiger partial charge is 0.389 e. The lowest BCUT2D eigenvalue weighted by Gasteiger charge is -2.07. The van der Waals surface area contributed by atoms with E-state index in [1.54, 1.807) is 12.4 Å². The lowest BCUT2D eigenvalue weighted by Crippen LogP contribution is -2.16. The van der Waals surface area contributed by atoms with Crippen LogP contribution in [0.5, 0.6) is 0 Å². The van der Waals surface area contributed by atoms with Crippen molar-refractivity contribution in [2.45, 2.75) is 38.9 Å². The molecule has 1 rings (SSSR count). The van der Waals surface area contributed by atoms with Gasteiger partial charge in [-0.2, -0.15) is 13.2 Å². The third kappa shape index (κ3) is 6.94. The molecular formula is C12H17F3N2. The molecule has 0 saturated carbocycles. The van der Waals surface area contributed by atoms with Crippen molar-refractivity contribution >= 4 is 0 Å². The first-order valence-electron chi connectivity index (χ1n) is 5.65. The van der Waals surface area contributed by atoms with Crippen molar-refractivity contribution in [1.29, 1.82) is 0 Å². The van der Waals surface area contributed by atoms with Crippen LogP contribution in [0.2, 0.25) is 0 Å². The number of nitrogens with zero attached hydrogens (tertiary/aromatic N) is 1. The summed E-state index contributed by atoms with van der Waals surface area (Å²) in [6.45, 7) is 3.21. The zero-order chi connectivity index (χ0) is 12.7. The Morgan fingerprint density at radius 3 is 2.65 bits per heavy atom. The highest BCUT2D eigenvalue weighted by Gasteiger charge is 2.25. The van der Waals surface area contributed by atoms with E-state index in [1.807, 2.05) is 13.0 Å². The Morgan fingerprint density at radius 1 is 1.24 bits per heavy atom. The second-order valence-corrected chi connectivity index (χ2v) is 4.12. The van der Waals surface area contributed by atoms with Gasteiger partial charge >= 0.3 is 6.18 Å². The Balaban J connectivity index is 2.09. The fourth-order valence-electron chi connectivity index (χ4n) is 1.52. The van der Waals surface area contributed by atoms with Gasteiger partial charge in [-0.25, -0.2) is 0 Å². The van der Waals surface area contributed by atoms with Gasteiger partial charge in [0.2, 0.25) is 0 Å². The SMILES string of the molecule is Cc1cncc(CNCCCCC(F)(F)F)c1. The van der Waals surface area contributed by atoms with E-state index in [4.69, 9.17) is 0 Å². The number of unbranched alkanes of at least 4 members (excludes halogenated alkanes) is 1. The van der Waals surface area contributed by atoms with Gasteiger partial charge in [0.05, 0.1) is 0 Å². The first-order valence-corrected chi connectivity index (χ1v) is 5.65. The molecule has 1 aromatic rings. The molecule has 2 nitrogen and oxygen atoms in total. The van der Waals surface area contributed by atoms with Gasteiger partial charge in [0.1, 0.15) is 0 Å². The maximum absolute atomic E-state index is 11.8. The van der Waals surface area contributed by atoms with E-state index >= 15 is 0 Å². The van der Waals surface area contributed by atoms with E-state index in [-0.39, 0.29) is 6.42 Å². The summed E-state index contributed by atoms with van der Waals surface area (Å²) < 4.78 is 35.5. The Bertz CT molecular complexity index is 337. The molecule has 0 aliphatic heterocycles. The number of pyridine rings is 1. The second kappa shape index (κ2) is 6.59. The van der Waals surface area contributed by atoms with Crippen molar-refractivity contribution in [2.24, 2.45) is 0 Å². The summed E-state index contributed by atoms with van der Waals surface area (Å²) in [5, 5.41) is 3.11.